The minimum atomic E-state index is -0.764. The van der Waals surface area contributed by atoms with Crippen LogP contribution in [-0.2, 0) is 9.59 Å². The molecule has 0 aliphatic carbocycles. The summed E-state index contributed by atoms with van der Waals surface area (Å²) in [5, 5.41) is 8.93. The highest BCUT2D eigenvalue weighted by atomic mass is 79.9. The number of benzene rings is 1. The Balaban J connectivity index is 1.72. The number of carboxylic acids is 1. The van der Waals surface area contributed by atoms with Gasteiger partial charge in [-0.15, -0.1) is 0 Å². The van der Waals surface area contributed by atoms with Crippen molar-refractivity contribution in [2.24, 2.45) is 5.92 Å². The molecule has 1 aromatic carbocycles. The Labute approximate surface area is 132 Å². The van der Waals surface area contributed by atoms with E-state index in [1.165, 1.54) is 0 Å². The van der Waals surface area contributed by atoms with Crippen LogP contribution in [0.1, 0.15) is 19.3 Å². The van der Waals surface area contributed by atoms with E-state index < -0.39 is 5.97 Å². The molecule has 0 saturated carbocycles. The second-order valence-corrected chi connectivity index (χ2v) is 5.96. The molecule has 0 unspecified atom stereocenters. The van der Waals surface area contributed by atoms with Crippen LogP contribution in [-0.4, -0.2) is 41.6 Å². The molecule has 21 heavy (non-hydrogen) atoms. The predicted octanol–water partition coefficient (Wildman–Crippen LogP) is 2.54. The van der Waals surface area contributed by atoms with Crippen LogP contribution in [0.15, 0.2) is 28.7 Å². The van der Waals surface area contributed by atoms with Gasteiger partial charge in [0.15, 0.2) is 0 Å². The van der Waals surface area contributed by atoms with E-state index >= 15 is 0 Å². The zero-order chi connectivity index (χ0) is 15.2. The molecule has 1 saturated heterocycles. The Morgan fingerprint density at radius 1 is 1.33 bits per heavy atom. The molecule has 1 aliphatic heterocycles. The molecule has 0 aromatic heterocycles. The molecule has 1 amide bonds. The fourth-order valence-electron chi connectivity index (χ4n) is 2.35. The third-order valence-electron chi connectivity index (χ3n) is 3.58. The molecule has 1 aromatic rings. The van der Waals surface area contributed by atoms with Crippen molar-refractivity contribution in [3.63, 3.8) is 0 Å². The molecule has 1 aliphatic rings. The normalized spacial score (nSPS) is 15.8. The third kappa shape index (κ3) is 4.74. The topological polar surface area (TPSA) is 66.8 Å². The summed E-state index contributed by atoms with van der Waals surface area (Å²) in [6.07, 6.45) is 1.38. The van der Waals surface area contributed by atoms with Crippen molar-refractivity contribution in [1.82, 2.24) is 4.90 Å². The molecule has 1 N–H and O–H groups in total. The molecule has 0 spiro atoms. The van der Waals surface area contributed by atoms with Crippen LogP contribution in [0.3, 0.4) is 0 Å². The van der Waals surface area contributed by atoms with Gasteiger partial charge in [-0.2, -0.15) is 0 Å². The summed E-state index contributed by atoms with van der Waals surface area (Å²) < 4.78 is 6.47. The lowest BCUT2D eigenvalue weighted by Gasteiger charge is -2.30. The monoisotopic (exact) mass is 355 g/mol. The number of carbonyl (C=O) groups excluding carboxylic acids is 1. The fraction of sp³-hybridized carbons (Fsp3) is 0.467. The zero-order valence-corrected chi connectivity index (χ0v) is 13.2. The summed E-state index contributed by atoms with van der Waals surface area (Å²) >= 11 is 3.36. The minimum absolute atomic E-state index is 0.0221. The van der Waals surface area contributed by atoms with Crippen molar-refractivity contribution in [2.45, 2.75) is 19.3 Å². The maximum absolute atomic E-state index is 12.0. The standard InChI is InChI=1S/C15H18BrNO4/c16-12-2-1-3-13(10-12)21-9-6-14(18)17-7-4-11(5-8-17)15(19)20/h1-3,10-11H,4-9H2,(H,19,20). The zero-order valence-electron chi connectivity index (χ0n) is 11.6. The van der Waals surface area contributed by atoms with Crippen molar-refractivity contribution in [2.75, 3.05) is 19.7 Å². The van der Waals surface area contributed by atoms with Crippen LogP contribution < -0.4 is 4.74 Å². The van der Waals surface area contributed by atoms with Gasteiger partial charge in [0.2, 0.25) is 5.91 Å². The van der Waals surface area contributed by atoms with E-state index in [-0.39, 0.29) is 11.8 Å². The molecule has 6 heteroatoms. The smallest absolute Gasteiger partial charge is 0.306 e. The Morgan fingerprint density at radius 3 is 2.67 bits per heavy atom. The van der Waals surface area contributed by atoms with E-state index in [1.54, 1.807) is 4.90 Å². The highest BCUT2D eigenvalue weighted by Crippen LogP contribution is 2.19. The first-order valence-corrected chi connectivity index (χ1v) is 7.74. The van der Waals surface area contributed by atoms with Gasteiger partial charge in [-0.3, -0.25) is 9.59 Å². The van der Waals surface area contributed by atoms with Gasteiger partial charge >= 0.3 is 5.97 Å². The summed E-state index contributed by atoms with van der Waals surface area (Å²) in [7, 11) is 0. The Hall–Kier alpha value is -1.56. The number of likely N-dealkylation sites (tertiary alicyclic amines) is 1. The number of carbonyl (C=O) groups is 2. The molecule has 0 bridgehead atoms. The third-order valence-corrected chi connectivity index (χ3v) is 4.07. The first-order valence-electron chi connectivity index (χ1n) is 6.95. The quantitative estimate of drug-likeness (QED) is 0.881. The van der Waals surface area contributed by atoms with Gasteiger partial charge in [0.05, 0.1) is 18.9 Å². The van der Waals surface area contributed by atoms with Gasteiger partial charge in [-0.05, 0) is 31.0 Å². The molecule has 1 fully saturated rings. The largest absolute Gasteiger partial charge is 0.493 e. The van der Waals surface area contributed by atoms with Crippen LogP contribution in [0, 0.1) is 5.92 Å². The lowest BCUT2D eigenvalue weighted by molar-refractivity contribution is -0.145. The lowest BCUT2D eigenvalue weighted by Crippen LogP contribution is -2.40. The number of aliphatic carboxylic acids is 1. The molecule has 1 heterocycles. The maximum atomic E-state index is 12.0. The number of halogens is 1. The van der Waals surface area contributed by atoms with E-state index in [2.05, 4.69) is 15.9 Å². The van der Waals surface area contributed by atoms with Crippen molar-refractivity contribution in [1.29, 1.82) is 0 Å². The number of amides is 1. The summed E-state index contributed by atoms with van der Waals surface area (Å²) in [6, 6.07) is 7.47. The van der Waals surface area contributed by atoms with E-state index in [0.29, 0.717) is 39.0 Å². The molecule has 114 valence electrons. The number of carboxylic acid groups (broad SMARTS) is 1. The summed E-state index contributed by atoms with van der Waals surface area (Å²) in [5.74, 6) is -0.331. The predicted molar refractivity (Wildman–Crippen MR) is 81.2 cm³/mol. The van der Waals surface area contributed by atoms with Gasteiger partial charge in [0.1, 0.15) is 5.75 Å². The molecular weight excluding hydrogens is 338 g/mol. The fourth-order valence-corrected chi connectivity index (χ4v) is 2.73. The molecule has 0 atom stereocenters. The van der Waals surface area contributed by atoms with Crippen molar-refractivity contribution < 1.29 is 19.4 Å². The number of nitrogens with zero attached hydrogens (tertiary/aromatic N) is 1. The van der Waals surface area contributed by atoms with E-state index in [1.807, 2.05) is 24.3 Å². The van der Waals surface area contributed by atoms with Gasteiger partial charge in [0, 0.05) is 17.6 Å². The Morgan fingerprint density at radius 2 is 2.05 bits per heavy atom. The highest BCUT2D eigenvalue weighted by molar-refractivity contribution is 9.10. The number of piperidine rings is 1. The average Bonchev–Trinajstić information content (AvgIpc) is 2.47. The van der Waals surface area contributed by atoms with Crippen LogP contribution in [0.4, 0.5) is 0 Å². The summed E-state index contributed by atoms with van der Waals surface area (Å²) in [4.78, 5) is 24.6. The molecular formula is C15H18BrNO4. The SMILES string of the molecule is O=C(O)C1CCN(C(=O)CCOc2cccc(Br)c2)CC1. The lowest BCUT2D eigenvalue weighted by atomic mass is 9.97. The van der Waals surface area contributed by atoms with Gasteiger partial charge in [-0.1, -0.05) is 22.0 Å². The number of hydrogen-bond donors (Lipinski definition) is 1. The summed E-state index contributed by atoms with van der Waals surface area (Å²) in [5.41, 5.74) is 0. The van der Waals surface area contributed by atoms with Gasteiger partial charge in [0.25, 0.3) is 0 Å². The van der Waals surface area contributed by atoms with Gasteiger partial charge < -0.3 is 14.7 Å². The van der Waals surface area contributed by atoms with E-state index in [4.69, 9.17) is 9.84 Å². The average molecular weight is 356 g/mol. The van der Waals surface area contributed by atoms with Crippen LogP contribution in [0.2, 0.25) is 0 Å². The Kier molecular flexibility index (Phi) is 5.61. The number of rotatable bonds is 5. The van der Waals surface area contributed by atoms with Crippen LogP contribution >= 0.6 is 15.9 Å². The Bertz CT molecular complexity index is 512. The van der Waals surface area contributed by atoms with Gasteiger partial charge in [-0.25, -0.2) is 0 Å². The van der Waals surface area contributed by atoms with Crippen LogP contribution in [0.25, 0.3) is 0 Å². The number of ether oxygens (including phenoxy) is 1. The first-order chi connectivity index (χ1) is 10.1. The van der Waals surface area contributed by atoms with E-state index in [9.17, 15) is 9.59 Å². The second-order valence-electron chi connectivity index (χ2n) is 5.05. The van der Waals surface area contributed by atoms with Crippen molar-refractivity contribution >= 4 is 27.8 Å². The van der Waals surface area contributed by atoms with Crippen LogP contribution in [0.5, 0.6) is 5.75 Å². The number of hydrogen-bond acceptors (Lipinski definition) is 3. The molecule has 0 radical (unpaired) electrons. The minimum Gasteiger partial charge on any atom is -0.493 e. The van der Waals surface area contributed by atoms with Crippen molar-refractivity contribution in [3.8, 4) is 5.75 Å². The van der Waals surface area contributed by atoms with E-state index in [0.717, 1.165) is 10.2 Å². The molecule has 5 nitrogen and oxygen atoms in total. The summed E-state index contributed by atoms with van der Waals surface area (Å²) in [6.45, 7) is 1.37. The van der Waals surface area contributed by atoms with Crippen molar-refractivity contribution in [3.05, 3.63) is 28.7 Å². The second kappa shape index (κ2) is 7.45. The highest BCUT2D eigenvalue weighted by Gasteiger charge is 2.26. The maximum Gasteiger partial charge on any atom is 0.306 e. The first kappa shape index (κ1) is 15.8. The molecule has 2 rings (SSSR count).